The Kier molecular flexibility index (Phi) is 6.16. The van der Waals surface area contributed by atoms with Gasteiger partial charge in [-0.1, -0.05) is 72.8 Å². The second-order valence-corrected chi connectivity index (χ2v) is 6.52. The molecule has 3 atom stereocenters. The molecular formula is C23H24FNO. The SMILES string of the molecule is CNC(Cc1ccccc1)C(O)C(c1ccccc1)c1ccc(F)cc1. The lowest BCUT2D eigenvalue weighted by Crippen LogP contribution is -2.43. The molecule has 0 aliphatic rings. The van der Waals surface area contributed by atoms with E-state index < -0.39 is 6.10 Å². The second kappa shape index (κ2) is 8.75. The van der Waals surface area contributed by atoms with Gasteiger partial charge in [-0.3, -0.25) is 0 Å². The van der Waals surface area contributed by atoms with Crippen molar-refractivity contribution in [1.29, 1.82) is 0 Å². The van der Waals surface area contributed by atoms with Gasteiger partial charge in [-0.15, -0.1) is 0 Å². The van der Waals surface area contributed by atoms with Crippen molar-refractivity contribution in [1.82, 2.24) is 5.32 Å². The zero-order valence-corrected chi connectivity index (χ0v) is 14.8. The van der Waals surface area contributed by atoms with Gasteiger partial charge in [-0.05, 0) is 42.3 Å². The summed E-state index contributed by atoms with van der Waals surface area (Å²) in [6.45, 7) is 0. The molecule has 3 unspecified atom stereocenters. The average Bonchev–Trinajstić information content (AvgIpc) is 2.69. The molecule has 0 aliphatic heterocycles. The van der Waals surface area contributed by atoms with Crippen LogP contribution in [0.4, 0.5) is 4.39 Å². The fourth-order valence-electron chi connectivity index (χ4n) is 3.41. The van der Waals surface area contributed by atoms with E-state index in [1.54, 1.807) is 12.1 Å². The summed E-state index contributed by atoms with van der Waals surface area (Å²) in [6.07, 6.45) is 0.0521. The van der Waals surface area contributed by atoms with E-state index >= 15 is 0 Å². The van der Waals surface area contributed by atoms with Crippen LogP contribution in [0.5, 0.6) is 0 Å². The Bertz CT molecular complexity index is 789. The summed E-state index contributed by atoms with van der Waals surface area (Å²) in [5.74, 6) is -0.512. The topological polar surface area (TPSA) is 32.3 Å². The molecule has 3 aromatic carbocycles. The Morgan fingerprint density at radius 3 is 1.92 bits per heavy atom. The maximum absolute atomic E-state index is 13.4. The molecule has 0 saturated heterocycles. The minimum Gasteiger partial charge on any atom is -0.391 e. The molecule has 2 N–H and O–H groups in total. The van der Waals surface area contributed by atoms with E-state index in [4.69, 9.17) is 0 Å². The van der Waals surface area contributed by atoms with Gasteiger partial charge in [0.15, 0.2) is 0 Å². The summed E-state index contributed by atoms with van der Waals surface area (Å²) >= 11 is 0. The first-order chi connectivity index (χ1) is 12.7. The monoisotopic (exact) mass is 349 g/mol. The van der Waals surface area contributed by atoms with Gasteiger partial charge in [0.25, 0.3) is 0 Å². The van der Waals surface area contributed by atoms with E-state index in [2.05, 4.69) is 17.4 Å². The zero-order chi connectivity index (χ0) is 18.4. The average molecular weight is 349 g/mol. The smallest absolute Gasteiger partial charge is 0.123 e. The summed E-state index contributed by atoms with van der Waals surface area (Å²) in [6, 6.07) is 26.3. The number of rotatable bonds is 7. The summed E-state index contributed by atoms with van der Waals surface area (Å²) in [5.41, 5.74) is 3.08. The molecule has 0 bridgehead atoms. The van der Waals surface area contributed by atoms with Crippen molar-refractivity contribution >= 4 is 0 Å². The molecular weight excluding hydrogens is 325 g/mol. The molecule has 0 spiro atoms. The van der Waals surface area contributed by atoms with Crippen LogP contribution in [0.25, 0.3) is 0 Å². The van der Waals surface area contributed by atoms with Crippen LogP contribution in [0.2, 0.25) is 0 Å². The predicted octanol–water partition coefficient (Wildman–Crippen LogP) is 4.15. The van der Waals surface area contributed by atoms with Crippen LogP contribution in [0.3, 0.4) is 0 Å². The molecule has 134 valence electrons. The number of aliphatic hydroxyl groups is 1. The van der Waals surface area contributed by atoms with Crippen molar-refractivity contribution in [2.24, 2.45) is 0 Å². The van der Waals surface area contributed by atoms with Crippen LogP contribution in [0, 0.1) is 5.82 Å². The summed E-state index contributed by atoms with van der Waals surface area (Å²) in [5, 5.41) is 14.5. The Morgan fingerprint density at radius 2 is 1.35 bits per heavy atom. The first-order valence-electron chi connectivity index (χ1n) is 8.88. The lowest BCUT2D eigenvalue weighted by Gasteiger charge is -2.31. The first kappa shape index (κ1) is 18.3. The van der Waals surface area contributed by atoms with Gasteiger partial charge in [0, 0.05) is 12.0 Å². The third-order valence-electron chi connectivity index (χ3n) is 4.81. The number of nitrogens with one attached hydrogen (secondary N) is 1. The molecule has 3 aromatic rings. The maximum atomic E-state index is 13.4. The minimum atomic E-state index is -0.659. The third-order valence-corrected chi connectivity index (χ3v) is 4.81. The molecule has 0 heterocycles. The summed E-state index contributed by atoms with van der Waals surface area (Å²) in [4.78, 5) is 0. The lowest BCUT2D eigenvalue weighted by molar-refractivity contribution is 0.114. The highest BCUT2D eigenvalue weighted by Crippen LogP contribution is 2.30. The van der Waals surface area contributed by atoms with Crippen LogP contribution in [-0.4, -0.2) is 24.3 Å². The van der Waals surface area contributed by atoms with Crippen LogP contribution >= 0.6 is 0 Å². The van der Waals surface area contributed by atoms with Gasteiger partial charge in [-0.25, -0.2) is 4.39 Å². The lowest BCUT2D eigenvalue weighted by atomic mass is 9.82. The van der Waals surface area contributed by atoms with E-state index in [9.17, 15) is 9.50 Å². The highest BCUT2D eigenvalue weighted by atomic mass is 19.1. The highest BCUT2D eigenvalue weighted by Gasteiger charge is 2.29. The Hall–Kier alpha value is -2.49. The minimum absolute atomic E-state index is 0.132. The number of halogens is 1. The van der Waals surface area contributed by atoms with Gasteiger partial charge < -0.3 is 10.4 Å². The van der Waals surface area contributed by atoms with E-state index in [0.717, 1.165) is 16.7 Å². The van der Waals surface area contributed by atoms with Gasteiger partial charge in [0.1, 0.15) is 5.82 Å². The Balaban J connectivity index is 1.93. The van der Waals surface area contributed by atoms with E-state index in [0.29, 0.717) is 6.42 Å². The van der Waals surface area contributed by atoms with E-state index in [1.807, 2.05) is 55.6 Å². The number of benzene rings is 3. The zero-order valence-electron chi connectivity index (χ0n) is 14.8. The molecule has 26 heavy (non-hydrogen) atoms. The van der Waals surface area contributed by atoms with Crippen molar-refractivity contribution in [3.05, 3.63) is 107 Å². The number of aliphatic hydroxyl groups excluding tert-OH is 1. The normalized spacial score (nSPS) is 14.6. The Labute approximate surface area is 154 Å². The first-order valence-corrected chi connectivity index (χ1v) is 8.88. The second-order valence-electron chi connectivity index (χ2n) is 6.52. The fraction of sp³-hybridized carbons (Fsp3) is 0.217. The number of hydrogen-bond donors (Lipinski definition) is 2. The summed E-state index contributed by atoms with van der Waals surface area (Å²) < 4.78 is 13.4. The molecule has 0 amide bonds. The van der Waals surface area contributed by atoms with Crippen LogP contribution in [0.1, 0.15) is 22.6 Å². The highest BCUT2D eigenvalue weighted by molar-refractivity contribution is 5.35. The fourth-order valence-corrected chi connectivity index (χ4v) is 3.41. The van der Waals surface area contributed by atoms with Crippen molar-refractivity contribution < 1.29 is 9.50 Å². The quantitative estimate of drug-likeness (QED) is 0.672. The van der Waals surface area contributed by atoms with E-state index in [1.165, 1.54) is 12.1 Å². The van der Waals surface area contributed by atoms with Crippen LogP contribution in [-0.2, 0) is 6.42 Å². The van der Waals surface area contributed by atoms with Gasteiger partial charge in [-0.2, -0.15) is 0 Å². The van der Waals surface area contributed by atoms with Crippen molar-refractivity contribution in [2.45, 2.75) is 24.5 Å². The predicted molar refractivity (Wildman–Crippen MR) is 104 cm³/mol. The molecule has 3 heteroatoms. The van der Waals surface area contributed by atoms with Crippen LogP contribution < -0.4 is 5.32 Å². The van der Waals surface area contributed by atoms with Crippen molar-refractivity contribution in [2.75, 3.05) is 7.05 Å². The van der Waals surface area contributed by atoms with Crippen molar-refractivity contribution in [3.8, 4) is 0 Å². The van der Waals surface area contributed by atoms with Gasteiger partial charge in [0.2, 0.25) is 0 Å². The van der Waals surface area contributed by atoms with Gasteiger partial charge in [0.05, 0.1) is 6.10 Å². The molecule has 0 fully saturated rings. The summed E-state index contributed by atoms with van der Waals surface area (Å²) in [7, 11) is 1.86. The standard InChI is InChI=1S/C23H24FNO/c1-25-21(16-17-8-4-2-5-9-17)23(26)22(18-10-6-3-7-11-18)19-12-14-20(24)15-13-19/h2-15,21-23,25-26H,16H2,1H3. The maximum Gasteiger partial charge on any atom is 0.123 e. The Morgan fingerprint density at radius 1 is 0.808 bits per heavy atom. The molecule has 3 rings (SSSR count). The molecule has 0 saturated carbocycles. The largest absolute Gasteiger partial charge is 0.391 e. The molecule has 2 nitrogen and oxygen atoms in total. The third kappa shape index (κ3) is 4.37. The van der Waals surface area contributed by atoms with Crippen molar-refractivity contribution in [3.63, 3.8) is 0 Å². The number of likely N-dealkylation sites (N-methyl/N-ethyl adjacent to an activating group) is 1. The molecule has 0 aliphatic carbocycles. The molecule has 0 radical (unpaired) electrons. The molecule has 0 aromatic heterocycles. The van der Waals surface area contributed by atoms with Gasteiger partial charge >= 0.3 is 0 Å². The van der Waals surface area contributed by atoms with Crippen LogP contribution in [0.15, 0.2) is 84.9 Å². The van der Waals surface area contributed by atoms with E-state index in [-0.39, 0.29) is 17.8 Å². The number of hydrogen-bond acceptors (Lipinski definition) is 2.